The Morgan fingerprint density at radius 1 is 1.32 bits per heavy atom. The second kappa shape index (κ2) is 6.37. The molecule has 5 heteroatoms. The molecule has 0 radical (unpaired) electrons. The molecular formula is C14H18ClNO3. The van der Waals surface area contributed by atoms with Gasteiger partial charge in [0.15, 0.2) is 0 Å². The lowest BCUT2D eigenvalue weighted by molar-refractivity contribution is -0.138. The van der Waals surface area contributed by atoms with Gasteiger partial charge in [-0.15, -0.1) is 0 Å². The summed E-state index contributed by atoms with van der Waals surface area (Å²) in [6.07, 6.45) is 1.14. The number of aliphatic hydroxyl groups is 1. The fourth-order valence-electron chi connectivity index (χ4n) is 2.55. The van der Waals surface area contributed by atoms with E-state index in [4.69, 9.17) is 16.7 Å². The van der Waals surface area contributed by atoms with Crippen LogP contribution in [0.25, 0.3) is 0 Å². The number of nitrogens with zero attached hydrogens (tertiary/aromatic N) is 1. The molecule has 1 fully saturated rings. The molecule has 1 atom stereocenters. The Hall–Kier alpha value is -1.10. The van der Waals surface area contributed by atoms with E-state index in [2.05, 4.69) is 0 Å². The van der Waals surface area contributed by atoms with E-state index in [0.29, 0.717) is 5.02 Å². The van der Waals surface area contributed by atoms with Crippen molar-refractivity contribution in [2.24, 2.45) is 5.92 Å². The summed E-state index contributed by atoms with van der Waals surface area (Å²) in [5, 5.41) is 19.7. The molecule has 0 bridgehead atoms. The van der Waals surface area contributed by atoms with E-state index in [1.807, 2.05) is 17.0 Å². The van der Waals surface area contributed by atoms with Gasteiger partial charge in [0.2, 0.25) is 0 Å². The van der Waals surface area contributed by atoms with E-state index in [9.17, 15) is 9.90 Å². The Labute approximate surface area is 117 Å². The maximum absolute atomic E-state index is 10.6. The Morgan fingerprint density at radius 3 is 2.42 bits per heavy atom. The summed E-state index contributed by atoms with van der Waals surface area (Å²) in [6.45, 7) is 1.53. The van der Waals surface area contributed by atoms with Crippen LogP contribution in [0.1, 0.15) is 24.5 Å². The molecule has 1 aliphatic heterocycles. The van der Waals surface area contributed by atoms with Crippen LogP contribution in [0.3, 0.4) is 0 Å². The summed E-state index contributed by atoms with van der Waals surface area (Å²) >= 11 is 5.83. The van der Waals surface area contributed by atoms with Crippen LogP contribution in [-0.2, 0) is 4.79 Å². The third-order valence-corrected chi connectivity index (χ3v) is 3.90. The highest BCUT2D eigenvalue weighted by Crippen LogP contribution is 2.31. The van der Waals surface area contributed by atoms with E-state index in [-0.39, 0.29) is 12.5 Å². The maximum atomic E-state index is 10.6. The lowest BCUT2D eigenvalue weighted by atomic mass is 9.87. The standard InChI is InChI=1S/C14H18ClNO3/c15-12-3-1-10(2-4-12)14(19)11-5-7-16(8-6-11)9-13(17)18/h1-4,11,14,19H,5-9H2,(H,17,18). The number of carbonyl (C=O) groups is 1. The van der Waals surface area contributed by atoms with Gasteiger partial charge in [0.1, 0.15) is 0 Å². The fraction of sp³-hybridized carbons (Fsp3) is 0.500. The van der Waals surface area contributed by atoms with E-state index < -0.39 is 12.1 Å². The number of benzene rings is 1. The van der Waals surface area contributed by atoms with Crippen molar-refractivity contribution in [1.29, 1.82) is 0 Å². The number of halogens is 1. The highest BCUT2D eigenvalue weighted by atomic mass is 35.5. The normalized spacial score (nSPS) is 19.3. The van der Waals surface area contributed by atoms with Gasteiger partial charge >= 0.3 is 5.97 Å². The molecule has 4 nitrogen and oxygen atoms in total. The van der Waals surface area contributed by atoms with Gasteiger partial charge in [0.05, 0.1) is 12.6 Å². The average Bonchev–Trinajstić information content (AvgIpc) is 2.39. The summed E-state index contributed by atoms with van der Waals surface area (Å²) < 4.78 is 0. The molecule has 1 aromatic carbocycles. The predicted octanol–water partition coefficient (Wildman–Crippen LogP) is 2.17. The van der Waals surface area contributed by atoms with Crippen molar-refractivity contribution >= 4 is 17.6 Å². The van der Waals surface area contributed by atoms with Gasteiger partial charge in [-0.3, -0.25) is 9.69 Å². The van der Waals surface area contributed by atoms with Crippen molar-refractivity contribution in [3.8, 4) is 0 Å². The van der Waals surface area contributed by atoms with Crippen LogP contribution in [0.2, 0.25) is 5.02 Å². The Balaban J connectivity index is 1.90. The molecule has 1 saturated heterocycles. The summed E-state index contributed by atoms with van der Waals surface area (Å²) in [5.74, 6) is -0.608. The van der Waals surface area contributed by atoms with Gasteiger partial charge < -0.3 is 10.2 Å². The van der Waals surface area contributed by atoms with E-state index in [1.54, 1.807) is 12.1 Å². The smallest absolute Gasteiger partial charge is 0.317 e. The maximum Gasteiger partial charge on any atom is 0.317 e. The number of hydrogen-bond acceptors (Lipinski definition) is 3. The number of rotatable bonds is 4. The largest absolute Gasteiger partial charge is 0.480 e. The monoisotopic (exact) mass is 283 g/mol. The van der Waals surface area contributed by atoms with Crippen LogP contribution in [0.4, 0.5) is 0 Å². The minimum absolute atomic E-state index is 0.0871. The number of carboxylic acids is 1. The zero-order chi connectivity index (χ0) is 13.8. The molecule has 0 amide bonds. The Morgan fingerprint density at radius 2 is 1.89 bits per heavy atom. The zero-order valence-corrected chi connectivity index (χ0v) is 11.4. The van der Waals surface area contributed by atoms with Crippen LogP contribution in [0.15, 0.2) is 24.3 Å². The molecule has 2 N–H and O–H groups in total. The Kier molecular flexibility index (Phi) is 4.80. The molecule has 19 heavy (non-hydrogen) atoms. The van der Waals surface area contributed by atoms with Crippen molar-refractivity contribution in [3.63, 3.8) is 0 Å². The second-order valence-corrected chi connectivity index (χ2v) is 5.44. The van der Waals surface area contributed by atoms with E-state index in [1.165, 1.54) is 0 Å². The molecule has 1 unspecified atom stereocenters. The molecule has 1 aliphatic rings. The van der Waals surface area contributed by atoms with Gasteiger partial charge in [-0.05, 0) is 49.5 Å². The molecule has 0 spiro atoms. The molecule has 0 aliphatic carbocycles. The number of hydrogen-bond donors (Lipinski definition) is 2. The van der Waals surface area contributed by atoms with Crippen molar-refractivity contribution in [2.45, 2.75) is 18.9 Å². The summed E-state index contributed by atoms with van der Waals surface area (Å²) in [5.41, 5.74) is 0.876. The van der Waals surface area contributed by atoms with Crippen LogP contribution < -0.4 is 0 Å². The van der Waals surface area contributed by atoms with Gasteiger partial charge in [-0.25, -0.2) is 0 Å². The fourth-order valence-corrected chi connectivity index (χ4v) is 2.68. The minimum atomic E-state index is -0.795. The molecule has 0 aromatic heterocycles. The van der Waals surface area contributed by atoms with Gasteiger partial charge in [-0.1, -0.05) is 23.7 Å². The van der Waals surface area contributed by atoms with Gasteiger partial charge in [0, 0.05) is 5.02 Å². The minimum Gasteiger partial charge on any atom is -0.480 e. The highest BCUT2D eigenvalue weighted by molar-refractivity contribution is 6.30. The third-order valence-electron chi connectivity index (χ3n) is 3.65. The SMILES string of the molecule is O=C(O)CN1CCC(C(O)c2ccc(Cl)cc2)CC1. The first-order valence-electron chi connectivity index (χ1n) is 6.44. The van der Waals surface area contributed by atoms with Crippen LogP contribution in [0.5, 0.6) is 0 Å². The highest BCUT2D eigenvalue weighted by Gasteiger charge is 2.26. The number of likely N-dealkylation sites (tertiary alicyclic amines) is 1. The van der Waals surface area contributed by atoms with Gasteiger partial charge in [0.25, 0.3) is 0 Å². The first-order chi connectivity index (χ1) is 9.06. The van der Waals surface area contributed by atoms with Crippen molar-refractivity contribution in [1.82, 2.24) is 4.90 Å². The number of aliphatic hydroxyl groups excluding tert-OH is 1. The predicted molar refractivity (Wildman–Crippen MR) is 73.2 cm³/mol. The lowest BCUT2D eigenvalue weighted by Gasteiger charge is -2.33. The van der Waals surface area contributed by atoms with Crippen molar-refractivity contribution in [3.05, 3.63) is 34.9 Å². The number of aliphatic carboxylic acids is 1. The molecular weight excluding hydrogens is 266 g/mol. The average molecular weight is 284 g/mol. The topological polar surface area (TPSA) is 60.8 Å². The number of carboxylic acid groups (broad SMARTS) is 1. The Bertz CT molecular complexity index is 427. The molecule has 104 valence electrons. The first kappa shape index (κ1) is 14.3. The zero-order valence-electron chi connectivity index (χ0n) is 10.6. The quantitative estimate of drug-likeness (QED) is 0.889. The molecule has 1 aromatic rings. The second-order valence-electron chi connectivity index (χ2n) is 5.00. The van der Waals surface area contributed by atoms with E-state index >= 15 is 0 Å². The first-order valence-corrected chi connectivity index (χ1v) is 6.81. The molecule has 2 rings (SSSR count). The van der Waals surface area contributed by atoms with Crippen molar-refractivity contribution in [2.75, 3.05) is 19.6 Å². The van der Waals surface area contributed by atoms with Gasteiger partial charge in [-0.2, -0.15) is 0 Å². The van der Waals surface area contributed by atoms with Crippen LogP contribution in [0, 0.1) is 5.92 Å². The van der Waals surface area contributed by atoms with Crippen LogP contribution in [-0.4, -0.2) is 40.7 Å². The molecule has 1 heterocycles. The summed E-state index contributed by atoms with van der Waals surface area (Å²) in [6, 6.07) is 7.24. The van der Waals surface area contributed by atoms with Crippen molar-refractivity contribution < 1.29 is 15.0 Å². The third kappa shape index (κ3) is 3.93. The molecule has 0 saturated carbocycles. The lowest BCUT2D eigenvalue weighted by Crippen LogP contribution is -2.38. The summed E-state index contributed by atoms with van der Waals surface area (Å²) in [7, 11) is 0. The van der Waals surface area contributed by atoms with E-state index in [0.717, 1.165) is 31.5 Å². The van der Waals surface area contributed by atoms with Crippen LogP contribution >= 0.6 is 11.6 Å². The summed E-state index contributed by atoms with van der Waals surface area (Å²) in [4.78, 5) is 12.5. The number of piperidine rings is 1.